The van der Waals surface area contributed by atoms with E-state index in [1.165, 1.54) is 10.9 Å². The summed E-state index contributed by atoms with van der Waals surface area (Å²) in [6.45, 7) is -0.518. The van der Waals surface area contributed by atoms with E-state index in [0.717, 1.165) is 0 Å². The highest BCUT2D eigenvalue weighted by atomic mass is 35.5. The van der Waals surface area contributed by atoms with Gasteiger partial charge in [0.25, 0.3) is 0 Å². The number of nitrogens with one attached hydrogen (secondary N) is 1. The van der Waals surface area contributed by atoms with Gasteiger partial charge in [0.1, 0.15) is 23.4 Å². The van der Waals surface area contributed by atoms with Crippen molar-refractivity contribution in [2.24, 2.45) is 0 Å². The average Bonchev–Trinajstić information content (AvgIpc) is 3.01. The number of nitrogens with zero attached hydrogens (tertiary/aromatic N) is 3. The number of aromatic nitrogens is 4. The van der Waals surface area contributed by atoms with E-state index in [4.69, 9.17) is 34.3 Å². The van der Waals surface area contributed by atoms with Crippen LogP contribution in [0.3, 0.4) is 0 Å². The van der Waals surface area contributed by atoms with Crippen LogP contribution >= 0.6 is 23.8 Å². The molecule has 0 radical (unpaired) electrons. The maximum absolute atomic E-state index is 10.7. The van der Waals surface area contributed by atoms with E-state index in [9.17, 15) is 15.3 Å². The Hall–Kier alpha value is -1.74. The maximum atomic E-state index is 10.7. The van der Waals surface area contributed by atoms with Crippen LogP contribution < -0.4 is 5.73 Å². The van der Waals surface area contributed by atoms with Crippen LogP contribution in [-0.4, -0.2) is 59.3 Å². The van der Waals surface area contributed by atoms with Gasteiger partial charge in [0.15, 0.2) is 16.8 Å². The number of aliphatic hydroxyl groups is 3. The number of halogens is 1. The quantitative estimate of drug-likeness (QED) is 0.349. The number of hydrogen-bond donors (Lipinski definition) is 5. The number of nitrogen functional groups attached to an aromatic ring is 1. The van der Waals surface area contributed by atoms with Crippen molar-refractivity contribution >= 4 is 40.9 Å². The number of aliphatic hydroxyl groups excluding tert-OH is 2. The van der Waals surface area contributed by atoms with E-state index in [1.54, 1.807) is 0 Å². The molecule has 4 unspecified atom stereocenters. The smallest absolute Gasteiger partial charge is 0.200 e. The molecule has 6 N–H and O–H groups in total. The summed E-state index contributed by atoms with van der Waals surface area (Å²) < 4.78 is 7.05. The zero-order valence-corrected chi connectivity index (χ0v) is 13.0. The third kappa shape index (κ3) is 2.38. The van der Waals surface area contributed by atoms with Crippen LogP contribution in [-0.2, 0) is 4.74 Å². The van der Waals surface area contributed by atoms with Crippen molar-refractivity contribution in [1.29, 1.82) is 0 Å². The molecule has 2 aromatic rings. The fourth-order valence-electron chi connectivity index (χ4n) is 2.54. The van der Waals surface area contributed by atoms with Crippen LogP contribution in [0.15, 0.2) is 6.33 Å². The second-order valence-electron chi connectivity index (χ2n) is 4.98. The number of imidazole rings is 1. The molecule has 3 rings (SSSR count). The van der Waals surface area contributed by atoms with Gasteiger partial charge in [0.2, 0.25) is 5.60 Å². The van der Waals surface area contributed by atoms with Gasteiger partial charge in [-0.3, -0.25) is 4.57 Å². The van der Waals surface area contributed by atoms with Crippen LogP contribution in [0.2, 0.25) is 0 Å². The molecule has 3 heterocycles. The number of nitrogens with two attached hydrogens (primary N) is 1. The molecule has 11 heteroatoms. The molecule has 4 atom stereocenters. The molecular formula is C12H12ClN5O4S. The molecule has 1 aliphatic rings. The van der Waals surface area contributed by atoms with Crippen LogP contribution in [0.25, 0.3) is 11.2 Å². The summed E-state index contributed by atoms with van der Waals surface area (Å²) in [5.41, 5.74) is 4.24. The summed E-state index contributed by atoms with van der Waals surface area (Å²) in [5, 5.41) is 32.2. The van der Waals surface area contributed by atoms with Gasteiger partial charge in [-0.1, -0.05) is 12.2 Å². The molecule has 0 aromatic carbocycles. The number of anilines is 1. The summed E-state index contributed by atoms with van der Waals surface area (Å²) in [6.07, 6.45) is -2.40. The van der Waals surface area contributed by atoms with Crippen molar-refractivity contribution in [2.75, 3.05) is 12.3 Å². The van der Waals surface area contributed by atoms with Gasteiger partial charge >= 0.3 is 0 Å². The average molecular weight is 358 g/mol. The van der Waals surface area contributed by atoms with Crippen molar-refractivity contribution < 1.29 is 20.1 Å². The van der Waals surface area contributed by atoms with Crippen molar-refractivity contribution in [3.8, 4) is 11.3 Å². The van der Waals surface area contributed by atoms with Gasteiger partial charge in [-0.15, -0.1) is 0 Å². The first kappa shape index (κ1) is 16.1. The number of ether oxygens (including phenoxy) is 1. The molecule has 1 aliphatic heterocycles. The lowest BCUT2D eigenvalue weighted by Crippen LogP contribution is -2.45. The highest BCUT2D eigenvalue weighted by molar-refractivity contribution is 7.71. The first-order valence-corrected chi connectivity index (χ1v) is 7.23. The minimum Gasteiger partial charge on any atom is -0.394 e. The predicted molar refractivity (Wildman–Crippen MR) is 82.7 cm³/mol. The Labute approximate surface area is 139 Å². The summed E-state index contributed by atoms with van der Waals surface area (Å²) in [4.78, 5) is 10.7. The second kappa shape index (κ2) is 5.72. The van der Waals surface area contributed by atoms with Gasteiger partial charge in [-0.25, -0.2) is 9.97 Å². The van der Waals surface area contributed by atoms with E-state index >= 15 is 0 Å². The predicted octanol–water partition coefficient (Wildman–Crippen LogP) is -0.748. The van der Waals surface area contributed by atoms with Crippen LogP contribution in [0, 0.1) is 15.9 Å². The SMILES string of the molecule is Nc1nc(=S)c2ncn(C3OC(CO)C(O)C3(O)C#CCl)c2[nH]1. The molecule has 23 heavy (non-hydrogen) atoms. The maximum Gasteiger partial charge on any atom is 0.200 e. The van der Waals surface area contributed by atoms with Crippen molar-refractivity contribution in [2.45, 2.75) is 24.0 Å². The van der Waals surface area contributed by atoms with E-state index < -0.39 is 30.6 Å². The molecule has 0 amide bonds. The second-order valence-corrected chi connectivity index (χ2v) is 5.55. The first-order chi connectivity index (χ1) is 10.9. The molecule has 0 spiro atoms. The zero-order chi connectivity index (χ0) is 16.8. The third-order valence-corrected chi connectivity index (χ3v) is 4.01. The summed E-state index contributed by atoms with van der Waals surface area (Å²) in [7, 11) is 0. The van der Waals surface area contributed by atoms with Gasteiger partial charge < -0.3 is 30.8 Å². The van der Waals surface area contributed by atoms with E-state index in [2.05, 4.69) is 20.9 Å². The van der Waals surface area contributed by atoms with Gasteiger partial charge in [0.05, 0.1) is 12.9 Å². The number of fused-ring (bicyclic) bond motifs is 1. The zero-order valence-electron chi connectivity index (χ0n) is 11.5. The Balaban J connectivity index is 2.20. The van der Waals surface area contributed by atoms with E-state index in [-0.39, 0.29) is 10.6 Å². The standard InChI is InChI=1S/C12H12ClN5O4S/c13-2-1-12(21)7(20)5(3-19)22-10(12)18-4-15-6-8(18)16-11(14)17-9(6)23/h4-5,7,10,19-21H,3H2,(H3,14,16,17,23). The lowest BCUT2D eigenvalue weighted by Gasteiger charge is -2.26. The molecule has 2 aromatic heterocycles. The molecule has 122 valence electrons. The minimum absolute atomic E-state index is 0.0495. The molecule has 9 nitrogen and oxygen atoms in total. The number of hydrogen-bond acceptors (Lipinski definition) is 8. The topological polar surface area (TPSA) is 142 Å². The Morgan fingerprint density at radius 3 is 3.00 bits per heavy atom. The number of H-pyrrole nitrogens is 1. The number of aromatic amines is 1. The highest BCUT2D eigenvalue weighted by Crippen LogP contribution is 2.39. The Bertz CT molecular complexity index is 874. The van der Waals surface area contributed by atoms with Gasteiger partial charge in [0, 0.05) is 5.38 Å². The molecule has 0 aliphatic carbocycles. The molecule has 1 fully saturated rings. The normalized spacial score (nSPS) is 30.3. The fraction of sp³-hybridized carbons (Fsp3) is 0.417. The highest BCUT2D eigenvalue weighted by Gasteiger charge is 2.56. The first-order valence-electron chi connectivity index (χ1n) is 6.44. The molecule has 0 saturated carbocycles. The lowest BCUT2D eigenvalue weighted by molar-refractivity contribution is -0.0721. The van der Waals surface area contributed by atoms with E-state index in [0.29, 0.717) is 11.2 Å². The summed E-state index contributed by atoms with van der Waals surface area (Å²) >= 11 is 10.5. The largest absolute Gasteiger partial charge is 0.394 e. The van der Waals surface area contributed by atoms with Gasteiger partial charge in [-0.05, 0) is 17.5 Å². The minimum atomic E-state index is -2.06. The monoisotopic (exact) mass is 357 g/mol. The van der Waals surface area contributed by atoms with Crippen molar-refractivity contribution in [3.05, 3.63) is 11.0 Å². The van der Waals surface area contributed by atoms with Crippen LogP contribution in [0.1, 0.15) is 6.23 Å². The summed E-state index contributed by atoms with van der Waals surface area (Å²) in [6, 6.07) is 0. The van der Waals surface area contributed by atoms with Crippen LogP contribution in [0.5, 0.6) is 0 Å². The Morgan fingerprint density at radius 1 is 1.61 bits per heavy atom. The van der Waals surface area contributed by atoms with Crippen molar-refractivity contribution in [1.82, 2.24) is 19.5 Å². The Kier molecular flexibility index (Phi) is 4.01. The molecule has 0 bridgehead atoms. The van der Waals surface area contributed by atoms with E-state index in [1.807, 2.05) is 5.38 Å². The molecule has 1 saturated heterocycles. The lowest BCUT2D eigenvalue weighted by atomic mass is 9.95. The third-order valence-electron chi connectivity index (χ3n) is 3.63. The summed E-state index contributed by atoms with van der Waals surface area (Å²) in [5.74, 6) is 2.37. The van der Waals surface area contributed by atoms with Gasteiger partial charge in [-0.2, -0.15) is 0 Å². The van der Waals surface area contributed by atoms with Crippen LogP contribution in [0.4, 0.5) is 5.95 Å². The molecular weight excluding hydrogens is 346 g/mol. The van der Waals surface area contributed by atoms with Crippen molar-refractivity contribution in [3.63, 3.8) is 0 Å². The fourth-order valence-corrected chi connectivity index (χ4v) is 2.93. The number of rotatable bonds is 2. The Morgan fingerprint density at radius 2 is 2.35 bits per heavy atom.